The third-order valence-electron chi connectivity index (χ3n) is 4.24. The molecule has 1 aliphatic rings. The summed E-state index contributed by atoms with van der Waals surface area (Å²) in [5.74, 6) is -0.119. The minimum absolute atomic E-state index is 0.119. The van der Waals surface area contributed by atoms with Crippen molar-refractivity contribution < 1.29 is 4.79 Å². The molecule has 0 aliphatic carbocycles. The molecule has 0 bridgehead atoms. The number of anilines is 1. The van der Waals surface area contributed by atoms with Crippen LogP contribution in [0.5, 0.6) is 0 Å². The molecule has 0 atom stereocenters. The molecule has 1 aromatic carbocycles. The number of rotatable bonds is 2. The molecule has 6 heteroatoms. The van der Waals surface area contributed by atoms with E-state index in [0.717, 1.165) is 47.4 Å². The molecular weight excluding hydrogens is 290 g/mol. The number of benzene rings is 1. The molecule has 3 heterocycles. The SMILES string of the molecule is Cn1cnc2cc(NC(=O)c3cncc4c3CCNC4)ccc21. The Bertz CT molecular complexity index is 899. The van der Waals surface area contributed by atoms with E-state index in [1.807, 2.05) is 36.0 Å². The van der Waals surface area contributed by atoms with Crippen LogP contribution >= 0.6 is 0 Å². The van der Waals surface area contributed by atoms with E-state index in [-0.39, 0.29) is 5.91 Å². The van der Waals surface area contributed by atoms with Gasteiger partial charge in [0.15, 0.2) is 0 Å². The van der Waals surface area contributed by atoms with Gasteiger partial charge in [-0.2, -0.15) is 0 Å². The molecule has 1 aliphatic heterocycles. The van der Waals surface area contributed by atoms with E-state index in [1.165, 1.54) is 0 Å². The highest BCUT2D eigenvalue weighted by molar-refractivity contribution is 6.06. The monoisotopic (exact) mass is 307 g/mol. The van der Waals surface area contributed by atoms with Crippen LogP contribution in [0.4, 0.5) is 5.69 Å². The van der Waals surface area contributed by atoms with E-state index < -0.39 is 0 Å². The van der Waals surface area contributed by atoms with Gasteiger partial charge in [0.25, 0.3) is 5.91 Å². The summed E-state index contributed by atoms with van der Waals surface area (Å²) in [6.07, 6.45) is 6.09. The minimum Gasteiger partial charge on any atom is -0.334 e. The molecule has 3 aromatic rings. The van der Waals surface area contributed by atoms with Gasteiger partial charge in [-0.05, 0) is 42.3 Å². The maximum atomic E-state index is 12.6. The lowest BCUT2D eigenvalue weighted by atomic mass is 9.98. The Kier molecular flexibility index (Phi) is 3.31. The van der Waals surface area contributed by atoms with Crippen molar-refractivity contribution in [2.75, 3.05) is 11.9 Å². The van der Waals surface area contributed by atoms with Crippen LogP contribution in [0.2, 0.25) is 0 Å². The molecule has 0 radical (unpaired) electrons. The summed E-state index contributed by atoms with van der Waals surface area (Å²) >= 11 is 0. The summed E-state index contributed by atoms with van der Waals surface area (Å²) in [6, 6.07) is 5.74. The lowest BCUT2D eigenvalue weighted by molar-refractivity contribution is 0.102. The van der Waals surface area contributed by atoms with Gasteiger partial charge < -0.3 is 15.2 Å². The molecule has 4 rings (SSSR count). The van der Waals surface area contributed by atoms with Crippen molar-refractivity contribution in [2.45, 2.75) is 13.0 Å². The summed E-state index contributed by atoms with van der Waals surface area (Å²) in [4.78, 5) is 21.1. The first-order chi connectivity index (χ1) is 11.2. The fraction of sp³-hybridized carbons (Fsp3) is 0.235. The number of fused-ring (bicyclic) bond motifs is 2. The molecule has 0 fully saturated rings. The first-order valence-corrected chi connectivity index (χ1v) is 7.61. The fourth-order valence-corrected chi connectivity index (χ4v) is 3.02. The molecule has 2 N–H and O–H groups in total. The van der Waals surface area contributed by atoms with Gasteiger partial charge in [-0.3, -0.25) is 9.78 Å². The van der Waals surface area contributed by atoms with Gasteiger partial charge in [-0.1, -0.05) is 0 Å². The number of nitrogens with zero attached hydrogens (tertiary/aromatic N) is 3. The number of aryl methyl sites for hydroxylation is 1. The summed E-state index contributed by atoms with van der Waals surface area (Å²) < 4.78 is 1.95. The quantitative estimate of drug-likeness (QED) is 0.758. The largest absolute Gasteiger partial charge is 0.334 e. The van der Waals surface area contributed by atoms with Crippen molar-refractivity contribution in [3.8, 4) is 0 Å². The van der Waals surface area contributed by atoms with Gasteiger partial charge in [0.2, 0.25) is 0 Å². The Morgan fingerprint density at radius 2 is 2.26 bits per heavy atom. The standard InChI is InChI=1S/C17H17N5O/c1-22-10-20-15-6-12(2-3-16(15)22)21-17(23)14-9-19-8-11-7-18-5-4-13(11)14/h2-3,6,8-10,18H,4-5,7H2,1H3,(H,21,23). The smallest absolute Gasteiger partial charge is 0.257 e. The van der Waals surface area contributed by atoms with E-state index in [9.17, 15) is 4.79 Å². The van der Waals surface area contributed by atoms with Gasteiger partial charge in [0.05, 0.1) is 22.9 Å². The minimum atomic E-state index is -0.119. The molecule has 0 saturated heterocycles. The van der Waals surface area contributed by atoms with E-state index >= 15 is 0 Å². The molecule has 23 heavy (non-hydrogen) atoms. The van der Waals surface area contributed by atoms with Crippen LogP contribution < -0.4 is 10.6 Å². The summed E-state index contributed by atoms with van der Waals surface area (Å²) in [6.45, 7) is 1.65. The maximum absolute atomic E-state index is 12.6. The average molecular weight is 307 g/mol. The predicted molar refractivity (Wildman–Crippen MR) is 88.3 cm³/mol. The lowest BCUT2D eigenvalue weighted by Gasteiger charge is -2.19. The van der Waals surface area contributed by atoms with Crippen molar-refractivity contribution in [3.63, 3.8) is 0 Å². The Morgan fingerprint density at radius 1 is 1.35 bits per heavy atom. The van der Waals surface area contributed by atoms with Crippen molar-refractivity contribution in [1.82, 2.24) is 19.9 Å². The number of hydrogen-bond acceptors (Lipinski definition) is 4. The second-order valence-electron chi connectivity index (χ2n) is 5.76. The molecule has 1 amide bonds. The van der Waals surface area contributed by atoms with Crippen molar-refractivity contribution in [2.24, 2.45) is 7.05 Å². The van der Waals surface area contributed by atoms with E-state index in [4.69, 9.17) is 0 Å². The Morgan fingerprint density at radius 3 is 3.17 bits per heavy atom. The second-order valence-corrected chi connectivity index (χ2v) is 5.76. The van der Waals surface area contributed by atoms with Crippen molar-refractivity contribution in [1.29, 1.82) is 0 Å². The van der Waals surface area contributed by atoms with Gasteiger partial charge in [-0.25, -0.2) is 4.98 Å². The van der Waals surface area contributed by atoms with Crippen LogP contribution in [0, 0.1) is 0 Å². The van der Waals surface area contributed by atoms with Crippen molar-refractivity contribution >= 4 is 22.6 Å². The van der Waals surface area contributed by atoms with E-state index in [0.29, 0.717) is 5.56 Å². The summed E-state index contributed by atoms with van der Waals surface area (Å²) in [7, 11) is 1.95. The molecular formula is C17H17N5O. The fourth-order valence-electron chi connectivity index (χ4n) is 3.02. The molecule has 0 saturated carbocycles. The lowest BCUT2D eigenvalue weighted by Crippen LogP contribution is -2.27. The third-order valence-corrected chi connectivity index (χ3v) is 4.24. The maximum Gasteiger partial charge on any atom is 0.257 e. The number of nitrogens with one attached hydrogen (secondary N) is 2. The topological polar surface area (TPSA) is 71.8 Å². The zero-order valence-electron chi connectivity index (χ0n) is 12.8. The Hall–Kier alpha value is -2.73. The molecule has 6 nitrogen and oxygen atoms in total. The molecule has 0 unspecified atom stereocenters. The zero-order chi connectivity index (χ0) is 15.8. The Labute approximate surface area is 133 Å². The van der Waals surface area contributed by atoms with E-state index in [1.54, 1.807) is 12.5 Å². The van der Waals surface area contributed by atoms with Crippen LogP contribution in [0.3, 0.4) is 0 Å². The number of imidazole rings is 1. The average Bonchev–Trinajstić information content (AvgIpc) is 2.95. The van der Waals surface area contributed by atoms with Gasteiger partial charge in [0.1, 0.15) is 0 Å². The highest BCUT2D eigenvalue weighted by Gasteiger charge is 2.18. The third kappa shape index (κ3) is 2.47. The van der Waals surface area contributed by atoms with Crippen LogP contribution in [0.25, 0.3) is 11.0 Å². The zero-order valence-corrected chi connectivity index (χ0v) is 12.8. The van der Waals surface area contributed by atoms with Crippen LogP contribution in [-0.2, 0) is 20.0 Å². The Balaban J connectivity index is 1.64. The number of amides is 1. The second kappa shape index (κ2) is 5.48. The number of carbonyl (C=O) groups excluding carboxylic acids is 1. The number of carbonyl (C=O) groups is 1. The number of aromatic nitrogens is 3. The normalized spacial score (nSPS) is 13.8. The summed E-state index contributed by atoms with van der Waals surface area (Å²) in [5, 5.41) is 6.26. The highest BCUT2D eigenvalue weighted by atomic mass is 16.1. The highest BCUT2D eigenvalue weighted by Crippen LogP contribution is 2.21. The van der Waals surface area contributed by atoms with Gasteiger partial charge >= 0.3 is 0 Å². The number of hydrogen-bond donors (Lipinski definition) is 2. The van der Waals surface area contributed by atoms with Crippen LogP contribution in [0.15, 0.2) is 36.9 Å². The van der Waals surface area contributed by atoms with Gasteiger partial charge in [-0.15, -0.1) is 0 Å². The van der Waals surface area contributed by atoms with Crippen molar-refractivity contribution in [3.05, 3.63) is 53.6 Å². The molecule has 2 aromatic heterocycles. The van der Waals surface area contributed by atoms with Gasteiger partial charge in [0, 0.05) is 31.7 Å². The van der Waals surface area contributed by atoms with Crippen LogP contribution in [-0.4, -0.2) is 27.0 Å². The summed E-state index contributed by atoms with van der Waals surface area (Å²) in [5.41, 5.74) is 5.49. The molecule has 0 spiro atoms. The predicted octanol–water partition coefficient (Wildman–Crippen LogP) is 1.87. The van der Waals surface area contributed by atoms with Crippen LogP contribution in [0.1, 0.15) is 21.5 Å². The number of pyridine rings is 1. The first-order valence-electron chi connectivity index (χ1n) is 7.61. The van der Waals surface area contributed by atoms with E-state index in [2.05, 4.69) is 20.6 Å². The molecule has 116 valence electrons. The first kappa shape index (κ1) is 13.9.